The molecule has 3 rings (SSSR count). The van der Waals surface area contributed by atoms with Crippen LogP contribution in [0.25, 0.3) is 0 Å². The van der Waals surface area contributed by atoms with Gasteiger partial charge in [-0.2, -0.15) is 0 Å². The van der Waals surface area contributed by atoms with Gasteiger partial charge in [-0.25, -0.2) is 0 Å². The summed E-state index contributed by atoms with van der Waals surface area (Å²) in [4.78, 5) is 39.6. The highest BCUT2D eigenvalue weighted by Gasteiger charge is 2.28. The van der Waals surface area contributed by atoms with Crippen molar-refractivity contribution in [2.75, 3.05) is 39.3 Å². The lowest BCUT2D eigenvalue weighted by Gasteiger charge is -2.32. The highest BCUT2D eigenvalue weighted by Crippen LogP contribution is 2.18. The van der Waals surface area contributed by atoms with E-state index in [2.05, 4.69) is 5.32 Å². The summed E-state index contributed by atoms with van der Waals surface area (Å²) in [5.41, 5.74) is 0.604. The highest BCUT2D eigenvalue weighted by atomic mass is 16.5. The summed E-state index contributed by atoms with van der Waals surface area (Å²) in [5.74, 6) is 0.831. The molecule has 0 spiro atoms. The van der Waals surface area contributed by atoms with Gasteiger partial charge in [0.2, 0.25) is 5.91 Å². The molecule has 1 aliphatic carbocycles. The van der Waals surface area contributed by atoms with Gasteiger partial charge in [-0.15, -0.1) is 0 Å². The zero-order chi connectivity index (χ0) is 19.9. The summed E-state index contributed by atoms with van der Waals surface area (Å²) in [6, 6.07) is 7.43. The second-order valence-electron chi connectivity index (χ2n) is 7.53. The standard InChI is InChI=1S/C21H29N3O4/c1-2-28-18-7-3-16(4-8-18)19(25)9-10-21(27)24-13-11-23(12-14-24)15-20(26)22-17-5-6-17/h3-4,7-8,17H,2,5-6,9-15H2,1H3,(H,22,26)/p+1. The first-order valence-corrected chi connectivity index (χ1v) is 10.2. The minimum absolute atomic E-state index is 0.0146. The number of Topliss-reactive ketones (excluding diaryl/α,β-unsaturated/α-hetero) is 1. The number of ketones is 1. The van der Waals surface area contributed by atoms with E-state index in [9.17, 15) is 14.4 Å². The first kappa shape index (κ1) is 20.3. The first-order chi connectivity index (χ1) is 13.5. The Labute approximate surface area is 166 Å². The molecule has 0 bridgehead atoms. The van der Waals surface area contributed by atoms with Gasteiger partial charge < -0.3 is 19.9 Å². The van der Waals surface area contributed by atoms with Crippen molar-refractivity contribution in [3.63, 3.8) is 0 Å². The van der Waals surface area contributed by atoms with Crippen LogP contribution >= 0.6 is 0 Å². The smallest absolute Gasteiger partial charge is 0.275 e. The number of carbonyl (C=O) groups is 3. The second kappa shape index (κ2) is 9.68. The van der Waals surface area contributed by atoms with E-state index in [0.29, 0.717) is 37.8 Å². The zero-order valence-electron chi connectivity index (χ0n) is 16.5. The van der Waals surface area contributed by atoms with E-state index in [1.807, 2.05) is 11.8 Å². The van der Waals surface area contributed by atoms with Crippen LogP contribution in [-0.4, -0.2) is 67.9 Å². The van der Waals surface area contributed by atoms with Crippen LogP contribution in [0.15, 0.2) is 24.3 Å². The third-order valence-corrected chi connectivity index (χ3v) is 5.23. The number of piperazine rings is 1. The molecule has 0 radical (unpaired) electrons. The van der Waals surface area contributed by atoms with Crippen molar-refractivity contribution >= 4 is 17.6 Å². The molecule has 1 saturated heterocycles. The van der Waals surface area contributed by atoms with Gasteiger partial charge in [0.15, 0.2) is 12.3 Å². The Kier molecular flexibility index (Phi) is 7.03. The first-order valence-electron chi connectivity index (χ1n) is 10.2. The number of nitrogens with one attached hydrogen (secondary N) is 2. The molecule has 28 heavy (non-hydrogen) atoms. The van der Waals surface area contributed by atoms with Crippen molar-refractivity contribution in [2.45, 2.75) is 38.6 Å². The van der Waals surface area contributed by atoms with Gasteiger partial charge in [-0.1, -0.05) is 0 Å². The molecule has 2 amide bonds. The maximum Gasteiger partial charge on any atom is 0.275 e. The lowest BCUT2D eigenvalue weighted by Crippen LogP contribution is -3.15. The number of carbonyl (C=O) groups excluding carboxylic acids is 3. The average Bonchev–Trinajstić information content (AvgIpc) is 3.51. The Morgan fingerprint density at radius 3 is 2.39 bits per heavy atom. The number of nitrogens with zero attached hydrogens (tertiary/aromatic N) is 1. The van der Waals surface area contributed by atoms with Crippen LogP contribution in [0.3, 0.4) is 0 Å². The average molecular weight is 388 g/mol. The van der Waals surface area contributed by atoms with Gasteiger partial charge >= 0.3 is 0 Å². The number of ether oxygens (including phenoxy) is 1. The van der Waals surface area contributed by atoms with E-state index in [1.165, 1.54) is 4.90 Å². The molecule has 0 unspecified atom stereocenters. The van der Waals surface area contributed by atoms with Crippen molar-refractivity contribution in [3.05, 3.63) is 29.8 Å². The Hall–Kier alpha value is -2.41. The molecular weight excluding hydrogens is 358 g/mol. The zero-order valence-corrected chi connectivity index (χ0v) is 16.5. The van der Waals surface area contributed by atoms with E-state index >= 15 is 0 Å². The molecule has 1 aromatic carbocycles. The summed E-state index contributed by atoms with van der Waals surface area (Å²) < 4.78 is 5.37. The van der Waals surface area contributed by atoms with Crippen molar-refractivity contribution in [2.24, 2.45) is 0 Å². The molecule has 2 N–H and O–H groups in total. The summed E-state index contributed by atoms with van der Waals surface area (Å²) >= 11 is 0. The number of quaternary nitrogens is 1. The fourth-order valence-electron chi connectivity index (χ4n) is 3.41. The van der Waals surface area contributed by atoms with Crippen molar-refractivity contribution in [3.8, 4) is 5.75 Å². The minimum Gasteiger partial charge on any atom is -0.494 e. The van der Waals surface area contributed by atoms with E-state index in [1.54, 1.807) is 24.3 Å². The molecule has 152 valence electrons. The molecule has 1 aromatic rings. The lowest BCUT2D eigenvalue weighted by atomic mass is 10.1. The number of hydrogen-bond donors (Lipinski definition) is 2. The van der Waals surface area contributed by atoms with Gasteiger partial charge in [0, 0.05) is 24.4 Å². The Morgan fingerprint density at radius 1 is 1.11 bits per heavy atom. The lowest BCUT2D eigenvalue weighted by molar-refractivity contribution is -0.896. The van der Waals surface area contributed by atoms with E-state index in [-0.39, 0.29) is 30.4 Å². The normalized spacial score (nSPS) is 17.2. The van der Waals surface area contributed by atoms with E-state index in [0.717, 1.165) is 31.7 Å². The van der Waals surface area contributed by atoms with Crippen molar-refractivity contribution < 1.29 is 24.0 Å². The van der Waals surface area contributed by atoms with Gasteiger partial charge in [0.1, 0.15) is 5.75 Å². The Morgan fingerprint density at radius 2 is 1.79 bits per heavy atom. The van der Waals surface area contributed by atoms with Crippen LogP contribution in [-0.2, 0) is 9.59 Å². The largest absolute Gasteiger partial charge is 0.494 e. The SMILES string of the molecule is CCOc1ccc(C(=O)CCC(=O)N2CC[NH+](CC(=O)NC3CC3)CC2)cc1. The fourth-order valence-corrected chi connectivity index (χ4v) is 3.41. The van der Waals surface area contributed by atoms with E-state index < -0.39 is 0 Å². The quantitative estimate of drug-likeness (QED) is 0.586. The predicted octanol–water partition coefficient (Wildman–Crippen LogP) is 0.0539. The monoisotopic (exact) mass is 388 g/mol. The molecular formula is C21H30N3O4+. The summed E-state index contributed by atoms with van der Waals surface area (Å²) in [7, 11) is 0. The van der Waals surface area contributed by atoms with Gasteiger partial charge in [0.05, 0.1) is 32.8 Å². The van der Waals surface area contributed by atoms with Crippen molar-refractivity contribution in [1.29, 1.82) is 0 Å². The topological polar surface area (TPSA) is 80.2 Å². The number of amides is 2. The molecule has 2 fully saturated rings. The predicted molar refractivity (Wildman–Crippen MR) is 104 cm³/mol. The molecule has 2 aliphatic rings. The van der Waals surface area contributed by atoms with Gasteiger partial charge in [-0.3, -0.25) is 14.4 Å². The third kappa shape index (κ3) is 6.05. The molecule has 7 nitrogen and oxygen atoms in total. The Bertz CT molecular complexity index is 692. The number of benzene rings is 1. The Balaban J connectivity index is 1.36. The molecule has 7 heteroatoms. The summed E-state index contributed by atoms with van der Waals surface area (Å²) in [6.45, 7) is 5.81. The van der Waals surface area contributed by atoms with E-state index in [4.69, 9.17) is 4.74 Å². The van der Waals surface area contributed by atoms with Crippen LogP contribution in [0.2, 0.25) is 0 Å². The summed E-state index contributed by atoms with van der Waals surface area (Å²) in [5, 5.41) is 3.01. The molecule has 1 heterocycles. The van der Waals surface area contributed by atoms with Crippen LogP contribution in [0.5, 0.6) is 5.75 Å². The molecule has 0 atom stereocenters. The number of hydrogen-bond acceptors (Lipinski definition) is 4. The highest BCUT2D eigenvalue weighted by molar-refractivity contribution is 5.98. The van der Waals surface area contributed by atoms with Gasteiger partial charge in [-0.05, 0) is 44.0 Å². The van der Waals surface area contributed by atoms with Crippen LogP contribution in [0.1, 0.15) is 43.0 Å². The van der Waals surface area contributed by atoms with Crippen LogP contribution < -0.4 is 15.0 Å². The third-order valence-electron chi connectivity index (χ3n) is 5.23. The second-order valence-corrected chi connectivity index (χ2v) is 7.53. The molecule has 0 aromatic heterocycles. The summed E-state index contributed by atoms with van der Waals surface area (Å²) in [6.07, 6.45) is 2.63. The van der Waals surface area contributed by atoms with Crippen LogP contribution in [0, 0.1) is 0 Å². The molecule has 1 saturated carbocycles. The van der Waals surface area contributed by atoms with Crippen molar-refractivity contribution in [1.82, 2.24) is 10.2 Å². The van der Waals surface area contributed by atoms with Gasteiger partial charge in [0.25, 0.3) is 5.91 Å². The molecule has 1 aliphatic heterocycles. The van der Waals surface area contributed by atoms with Crippen LogP contribution in [0.4, 0.5) is 0 Å². The number of rotatable bonds is 9. The minimum atomic E-state index is -0.0302. The maximum absolute atomic E-state index is 12.4. The maximum atomic E-state index is 12.4. The fraction of sp³-hybridized carbons (Fsp3) is 0.571.